The van der Waals surface area contributed by atoms with Crippen LogP contribution in [0.2, 0.25) is 0 Å². The van der Waals surface area contributed by atoms with Gasteiger partial charge in [0.25, 0.3) is 0 Å². The molecule has 0 spiro atoms. The topological polar surface area (TPSA) is 97.7 Å². The van der Waals surface area contributed by atoms with E-state index in [1.54, 1.807) is 0 Å². The fourth-order valence-electron chi connectivity index (χ4n) is 0.760. The molecule has 63 valence electrons. The maximum atomic E-state index is 10.2. The molecule has 0 aliphatic rings. The van der Waals surface area contributed by atoms with E-state index in [1.165, 1.54) is 0 Å². The second kappa shape index (κ2) is 2.61. The Labute approximate surface area is 67.1 Å². The van der Waals surface area contributed by atoms with E-state index in [4.69, 9.17) is 15.3 Å². The van der Waals surface area contributed by atoms with Gasteiger partial charge in [0.1, 0.15) is 11.3 Å². The Kier molecular flexibility index (Phi) is 1.78. The molecule has 0 bridgehead atoms. The fourth-order valence-corrected chi connectivity index (χ4v) is 0.760. The molecule has 0 aliphatic heterocycles. The Balaban J connectivity index is 3.37. The molecule has 5 nitrogen and oxygen atoms in total. The van der Waals surface area contributed by atoms with Gasteiger partial charge in [-0.2, -0.15) is 0 Å². The number of aromatic hydroxyl groups is 3. The van der Waals surface area contributed by atoms with Crippen molar-refractivity contribution >= 4 is 5.97 Å². The summed E-state index contributed by atoms with van der Waals surface area (Å²) >= 11 is 0. The molecule has 0 heterocycles. The van der Waals surface area contributed by atoms with Crippen LogP contribution in [0, 0.1) is 0 Å². The van der Waals surface area contributed by atoms with Crippen LogP contribution >= 0.6 is 0 Å². The van der Waals surface area contributed by atoms with Crippen molar-refractivity contribution in [2.45, 2.75) is 0 Å². The van der Waals surface area contributed by atoms with Crippen LogP contribution in [0.3, 0.4) is 0 Å². The van der Waals surface area contributed by atoms with E-state index in [1.807, 2.05) is 0 Å². The van der Waals surface area contributed by atoms with E-state index >= 15 is 0 Å². The first-order valence-corrected chi connectivity index (χ1v) is 2.98. The normalized spacial score (nSPS) is 9.67. The molecule has 0 saturated heterocycles. The first-order chi connectivity index (χ1) is 5.52. The van der Waals surface area contributed by atoms with Crippen molar-refractivity contribution in [1.29, 1.82) is 0 Å². The number of hydrogen-bond donors (Lipinski definition) is 3. The highest BCUT2D eigenvalue weighted by Gasteiger charge is 2.16. The van der Waals surface area contributed by atoms with E-state index in [9.17, 15) is 9.90 Å². The summed E-state index contributed by atoms with van der Waals surface area (Å²) in [7, 11) is 0. The molecule has 0 amide bonds. The van der Waals surface area contributed by atoms with Gasteiger partial charge in [0.15, 0.2) is 11.5 Å². The van der Waals surface area contributed by atoms with Crippen LogP contribution in [0.15, 0.2) is 12.1 Å². The Morgan fingerprint density at radius 3 is 2.25 bits per heavy atom. The van der Waals surface area contributed by atoms with Crippen LogP contribution in [0.25, 0.3) is 0 Å². The van der Waals surface area contributed by atoms with Gasteiger partial charge in [-0.05, 0) is 6.07 Å². The number of hydrogen-bond acceptors (Lipinski definition) is 4. The minimum atomic E-state index is -1.67. The molecule has 0 aliphatic carbocycles. The average molecular weight is 169 g/mol. The number of benzene rings is 1. The number of phenols is 3. The monoisotopic (exact) mass is 169 g/mol. The molecule has 0 saturated carbocycles. The van der Waals surface area contributed by atoms with Crippen LogP contribution in [-0.2, 0) is 5.11 Å². The minimum absolute atomic E-state index is 0.454. The van der Waals surface area contributed by atoms with Crippen molar-refractivity contribution in [3.05, 3.63) is 17.7 Å². The predicted molar refractivity (Wildman–Crippen MR) is 36.5 cm³/mol. The molecule has 1 aromatic rings. The second-order valence-electron chi connectivity index (χ2n) is 2.15. The summed E-state index contributed by atoms with van der Waals surface area (Å²) in [6.07, 6.45) is 0. The molecule has 0 aromatic heterocycles. The van der Waals surface area contributed by atoms with E-state index in [0.29, 0.717) is 0 Å². The van der Waals surface area contributed by atoms with Gasteiger partial charge in [0.05, 0.1) is 0 Å². The molecule has 1 rings (SSSR count). The second-order valence-corrected chi connectivity index (χ2v) is 2.15. The quantitative estimate of drug-likeness (QED) is 0.418. The molecule has 5 heteroatoms. The Morgan fingerprint density at radius 1 is 1.17 bits per heavy atom. The number of carbonyl (C=O) groups excluding carboxylic acids is 1. The van der Waals surface area contributed by atoms with Crippen LogP contribution in [-0.4, -0.2) is 21.3 Å². The Bertz CT molecular complexity index is 331. The Morgan fingerprint density at radius 2 is 1.75 bits per heavy atom. The first-order valence-electron chi connectivity index (χ1n) is 2.98. The average Bonchev–Trinajstić information content (AvgIpc) is 1.96. The zero-order valence-corrected chi connectivity index (χ0v) is 5.81. The van der Waals surface area contributed by atoms with E-state index in [0.717, 1.165) is 12.1 Å². The fraction of sp³-hybridized carbons (Fsp3) is 0. The van der Waals surface area contributed by atoms with Gasteiger partial charge in [0, 0.05) is 6.07 Å². The van der Waals surface area contributed by atoms with Crippen molar-refractivity contribution in [3.63, 3.8) is 0 Å². The lowest BCUT2D eigenvalue weighted by atomic mass is 10.2. The summed E-state index contributed by atoms with van der Waals surface area (Å²) in [6.45, 7) is 0. The van der Waals surface area contributed by atoms with Gasteiger partial charge < -0.3 is 15.3 Å². The van der Waals surface area contributed by atoms with Crippen LogP contribution in [0.4, 0.5) is 0 Å². The van der Waals surface area contributed by atoms with Gasteiger partial charge in [0.2, 0.25) is 0 Å². The van der Waals surface area contributed by atoms with Gasteiger partial charge in [-0.25, -0.2) is 9.90 Å². The molecule has 12 heavy (non-hydrogen) atoms. The number of carbonyl (C=O) groups is 1. The third-order valence-corrected chi connectivity index (χ3v) is 1.29. The molecule has 1 aromatic carbocycles. The molecular weight excluding hydrogens is 164 g/mol. The highest BCUT2D eigenvalue weighted by atomic mass is 16.4. The summed E-state index contributed by atoms with van der Waals surface area (Å²) < 4.78 is 0. The molecule has 0 atom stereocenters. The van der Waals surface area contributed by atoms with E-state index in [-0.39, 0.29) is 0 Å². The van der Waals surface area contributed by atoms with Crippen LogP contribution in [0.5, 0.6) is 17.2 Å². The third kappa shape index (κ3) is 1.24. The van der Waals surface area contributed by atoms with E-state index in [2.05, 4.69) is 0 Å². The van der Waals surface area contributed by atoms with E-state index < -0.39 is 28.8 Å². The van der Waals surface area contributed by atoms with Crippen molar-refractivity contribution in [2.24, 2.45) is 0 Å². The maximum Gasteiger partial charge on any atom is 0.390 e. The highest BCUT2D eigenvalue weighted by molar-refractivity contribution is 5.92. The van der Waals surface area contributed by atoms with Crippen molar-refractivity contribution in [2.75, 3.05) is 0 Å². The predicted octanol–water partition coefficient (Wildman–Crippen LogP) is 0.374. The minimum Gasteiger partial charge on any atom is -0.508 e. The molecule has 1 radical (unpaired) electrons. The SMILES string of the molecule is [O]C(=O)c1cc(O)cc(O)c1O. The summed E-state index contributed by atoms with van der Waals surface area (Å²) in [4.78, 5) is 10.2. The Hall–Kier alpha value is -1.91. The van der Waals surface area contributed by atoms with Crippen molar-refractivity contribution in [1.82, 2.24) is 0 Å². The number of rotatable bonds is 1. The molecular formula is C7H5O5. The lowest BCUT2D eigenvalue weighted by Gasteiger charge is -2.00. The molecule has 3 N–H and O–H groups in total. The van der Waals surface area contributed by atoms with Gasteiger partial charge in [-0.1, -0.05) is 0 Å². The zero-order valence-electron chi connectivity index (χ0n) is 5.81. The smallest absolute Gasteiger partial charge is 0.390 e. The highest BCUT2D eigenvalue weighted by Crippen LogP contribution is 2.32. The largest absolute Gasteiger partial charge is 0.508 e. The van der Waals surface area contributed by atoms with Gasteiger partial charge >= 0.3 is 5.97 Å². The first kappa shape index (κ1) is 8.19. The maximum absolute atomic E-state index is 10.2. The third-order valence-electron chi connectivity index (χ3n) is 1.29. The lowest BCUT2D eigenvalue weighted by molar-refractivity contribution is 0.0568. The van der Waals surface area contributed by atoms with Gasteiger partial charge in [-0.15, -0.1) is 0 Å². The summed E-state index contributed by atoms with van der Waals surface area (Å²) in [5, 5.41) is 36.8. The number of phenolic OH excluding ortho intramolecular Hbond substituents is 3. The van der Waals surface area contributed by atoms with Crippen molar-refractivity contribution < 1.29 is 25.2 Å². The molecule has 0 unspecified atom stereocenters. The standard InChI is InChI=1S/C7H5O5/c8-3-1-4(7(11)12)6(10)5(9)2-3/h1-2,8-10H. The van der Waals surface area contributed by atoms with Gasteiger partial charge in [-0.3, -0.25) is 0 Å². The summed E-state index contributed by atoms with van der Waals surface area (Å²) in [6, 6.07) is 1.60. The zero-order chi connectivity index (χ0) is 9.30. The van der Waals surface area contributed by atoms with Crippen molar-refractivity contribution in [3.8, 4) is 17.2 Å². The van der Waals surface area contributed by atoms with Crippen LogP contribution < -0.4 is 0 Å². The summed E-state index contributed by atoms with van der Waals surface area (Å²) in [5.74, 6) is -3.63. The summed E-state index contributed by atoms with van der Waals surface area (Å²) in [5.41, 5.74) is -0.646. The lowest BCUT2D eigenvalue weighted by Crippen LogP contribution is -1.94. The molecule has 0 fully saturated rings. The van der Waals surface area contributed by atoms with Crippen LogP contribution in [0.1, 0.15) is 10.4 Å².